The standard InChI is InChI=1S/C9H13NO2/c1-6-4-3-5-7(8(11)12)9(6,2)10/h3-5,7H,10H2,1-2H3,(H,11,12). The van der Waals surface area contributed by atoms with E-state index in [1.54, 1.807) is 19.1 Å². The van der Waals surface area contributed by atoms with Gasteiger partial charge in [0.2, 0.25) is 0 Å². The van der Waals surface area contributed by atoms with E-state index in [1.165, 1.54) is 0 Å². The Morgan fingerprint density at radius 1 is 1.75 bits per heavy atom. The molecular formula is C9H13NO2. The van der Waals surface area contributed by atoms with E-state index < -0.39 is 17.4 Å². The number of carboxylic acid groups (broad SMARTS) is 1. The number of carbonyl (C=O) groups is 1. The van der Waals surface area contributed by atoms with Crippen LogP contribution in [-0.2, 0) is 4.79 Å². The van der Waals surface area contributed by atoms with Crippen LogP contribution in [0.4, 0.5) is 0 Å². The minimum atomic E-state index is -0.872. The van der Waals surface area contributed by atoms with E-state index in [2.05, 4.69) is 0 Å². The molecule has 0 radical (unpaired) electrons. The van der Waals surface area contributed by atoms with Crippen LogP contribution < -0.4 is 5.73 Å². The maximum Gasteiger partial charge on any atom is 0.312 e. The Balaban J connectivity index is 3.01. The molecule has 0 aromatic rings. The number of rotatable bonds is 1. The van der Waals surface area contributed by atoms with E-state index in [9.17, 15) is 4.79 Å². The SMILES string of the molecule is CC1=CC=CC(C(=O)O)C1(C)N. The van der Waals surface area contributed by atoms with Gasteiger partial charge in [0.05, 0.1) is 11.5 Å². The summed E-state index contributed by atoms with van der Waals surface area (Å²) in [5, 5.41) is 8.83. The summed E-state index contributed by atoms with van der Waals surface area (Å²) < 4.78 is 0. The lowest BCUT2D eigenvalue weighted by molar-refractivity contribution is -0.141. The molecular weight excluding hydrogens is 154 g/mol. The van der Waals surface area contributed by atoms with Gasteiger partial charge in [-0.3, -0.25) is 4.79 Å². The van der Waals surface area contributed by atoms with Crippen LogP contribution in [0.15, 0.2) is 23.8 Å². The van der Waals surface area contributed by atoms with Crippen molar-refractivity contribution in [3.05, 3.63) is 23.8 Å². The number of hydrogen-bond donors (Lipinski definition) is 2. The third-order valence-electron chi connectivity index (χ3n) is 2.41. The smallest absolute Gasteiger partial charge is 0.312 e. The third kappa shape index (κ3) is 1.28. The van der Waals surface area contributed by atoms with Crippen molar-refractivity contribution in [3.8, 4) is 0 Å². The highest BCUT2D eigenvalue weighted by atomic mass is 16.4. The van der Waals surface area contributed by atoms with Crippen LogP contribution in [0.2, 0.25) is 0 Å². The predicted molar refractivity (Wildman–Crippen MR) is 46.6 cm³/mol. The second kappa shape index (κ2) is 2.75. The van der Waals surface area contributed by atoms with E-state index in [1.807, 2.05) is 13.0 Å². The largest absolute Gasteiger partial charge is 0.481 e. The molecule has 0 saturated carbocycles. The van der Waals surface area contributed by atoms with E-state index in [4.69, 9.17) is 10.8 Å². The first-order valence-corrected chi connectivity index (χ1v) is 3.83. The Kier molecular flexibility index (Phi) is 2.06. The molecule has 1 rings (SSSR count). The molecule has 1 aliphatic rings. The van der Waals surface area contributed by atoms with Gasteiger partial charge in [0.25, 0.3) is 0 Å². The van der Waals surface area contributed by atoms with Gasteiger partial charge in [0.15, 0.2) is 0 Å². The van der Waals surface area contributed by atoms with Gasteiger partial charge in [0, 0.05) is 0 Å². The van der Waals surface area contributed by atoms with Gasteiger partial charge in [-0.05, 0) is 13.8 Å². The molecule has 0 amide bonds. The van der Waals surface area contributed by atoms with Crippen LogP contribution >= 0.6 is 0 Å². The fourth-order valence-electron chi connectivity index (χ4n) is 1.27. The molecule has 3 heteroatoms. The molecule has 0 bridgehead atoms. The van der Waals surface area contributed by atoms with Crippen molar-refractivity contribution in [1.82, 2.24) is 0 Å². The number of aliphatic carboxylic acids is 1. The lowest BCUT2D eigenvalue weighted by Gasteiger charge is -2.32. The molecule has 0 aromatic carbocycles. The molecule has 0 spiro atoms. The van der Waals surface area contributed by atoms with Crippen molar-refractivity contribution in [2.45, 2.75) is 19.4 Å². The van der Waals surface area contributed by atoms with Crippen molar-refractivity contribution >= 4 is 5.97 Å². The minimum absolute atomic E-state index is 0.609. The Hall–Kier alpha value is -1.09. The fraction of sp³-hybridized carbons (Fsp3) is 0.444. The molecule has 0 saturated heterocycles. The van der Waals surface area contributed by atoms with Crippen LogP contribution in [-0.4, -0.2) is 16.6 Å². The molecule has 2 unspecified atom stereocenters. The highest BCUT2D eigenvalue weighted by molar-refractivity contribution is 5.75. The van der Waals surface area contributed by atoms with E-state index in [0.29, 0.717) is 0 Å². The molecule has 0 heterocycles. The van der Waals surface area contributed by atoms with Gasteiger partial charge in [0.1, 0.15) is 0 Å². The average molecular weight is 167 g/mol. The van der Waals surface area contributed by atoms with Crippen LogP contribution in [0.3, 0.4) is 0 Å². The topological polar surface area (TPSA) is 63.3 Å². The maximum atomic E-state index is 10.8. The van der Waals surface area contributed by atoms with Crippen molar-refractivity contribution in [3.63, 3.8) is 0 Å². The molecule has 0 aromatic heterocycles. The highest BCUT2D eigenvalue weighted by Gasteiger charge is 2.36. The van der Waals surface area contributed by atoms with Crippen LogP contribution in [0.25, 0.3) is 0 Å². The number of nitrogens with two attached hydrogens (primary N) is 1. The quantitative estimate of drug-likeness (QED) is 0.610. The predicted octanol–water partition coefficient (Wildman–Crippen LogP) is 0.921. The summed E-state index contributed by atoms with van der Waals surface area (Å²) in [7, 11) is 0. The molecule has 2 atom stereocenters. The Bertz CT molecular complexity index is 264. The van der Waals surface area contributed by atoms with Gasteiger partial charge >= 0.3 is 5.97 Å². The van der Waals surface area contributed by atoms with Gasteiger partial charge < -0.3 is 10.8 Å². The van der Waals surface area contributed by atoms with Crippen molar-refractivity contribution < 1.29 is 9.90 Å². The highest BCUT2D eigenvalue weighted by Crippen LogP contribution is 2.27. The van der Waals surface area contributed by atoms with Crippen molar-refractivity contribution in [2.24, 2.45) is 11.7 Å². The van der Waals surface area contributed by atoms with E-state index >= 15 is 0 Å². The summed E-state index contributed by atoms with van der Waals surface area (Å²) >= 11 is 0. The summed E-state index contributed by atoms with van der Waals surface area (Å²) in [5.74, 6) is -1.48. The molecule has 3 N–H and O–H groups in total. The van der Waals surface area contributed by atoms with Crippen LogP contribution in [0.1, 0.15) is 13.8 Å². The summed E-state index contributed by atoms with van der Waals surface area (Å²) in [6, 6.07) is 0. The molecule has 66 valence electrons. The Labute approximate surface area is 71.6 Å². The Morgan fingerprint density at radius 2 is 2.33 bits per heavy atom. The normalized spacial score (nSPS) is 34.6. The summed E-state index contributed by atoms with van der Waals surface area (Å²) in [4.78, 5) is 10.8. The minimum Gasteiger partial charge on any atom is -0.481 e. The first kappa shape index (κ1) is 9.00. The monoisotopic (exact) mass is 167 g/mol. The number of hydrogen-bond acceptors (Lipinski definition) is 2. The van der Waals surface area contributed by atoms with Gasteiger partial charge in [-0.2, -0.15) is 0 Å². The zero-order valence-electron chi connectivity index (χ0n) is 7.24. The maximum absolute atomic E-state index is 10.8. The first-order chi connectivity index (χ1) is 5.46. The van der Waals surface area contributed by atoms with Gasteiger partial charge in [-0.25, -0.2) is 0 Å². The summed E-state index contributed by atoms with van der Waals surface area (Å²) in [5.41, 5.74) is 6.02. The zero-order chi connectivity index (χ0) is 9.35. The first-order valence-electron chi connectivity index (χ1n) is 3.83. The summed E-state index contributed by atoms with van der Waals surface area (Å²) in [6.07, 6.45) is 5.21. The lowest BCUT2D eigenvalue weighted by Crippen LogP contribution is -2.48. The van der Waals surface area contributed by atoms with Gasteiger partial charge in [-0.1, -0.05) is 23.8 Å². The Morgan fingerprint density at radius 3 is 2.75 bits per heavy atom. The lowest BCUT2D eigenvalue weighted by atomic mass is 9.78. The molecule has 0 fully saturated rings. The van der Waals surface area contributed by atoms with Crippen molar-refractivity contribution in [1.29, 1.82) is 0 Å². The molecule has 1 aliphatic carbocycles. The van der Waals surface area contributed by atoms with E-state index in [-0.39, 0.29) is 0 Å². The third-order valence-corrected chi connectivity index (χ3v) is 2.41. The van der Waals surface area contributed by atoms with Crippen molar-refractivity contribution in [2.75, 3.05) is 0 Å². The van der Waals surface area contributed by atoms with Crippen LogP contribution in [0.5, 0.6) is 0 Å². The number of carboxylic acids is 1. The second-order valence-corrected chi connectivity index (χ2v) is 3.33. The van der Waals surface area contributed by atoms with Gasteiger partial charge in [-0.15, -0.1) is 0 Å². The zero-order valence-corrected chi connectivity index (χ0v) is 7.24. The second-order valence-electron chi connectivity index (χ2n) is 3.33. The average Bonchev–Trinajstić information content (AvgIpc) is 1.94. The molecule has 0 aliphatic heterocycles. The molecule has 3 nitrogen and oxygen atoms in total. The number of allylic oxidation sites excluding steroid dienone is 2. The van der Waals surface area contributed by atoms with Crippen LogP contribution in [0, 0.1) is 5.92 Å². The van der Waals surface area contributed by atoms with E-state index in [0.717, 1.165) is 5.57 Å². The molecule has 12 heavy (non-hydrogen) atoms. The summed E-state index contributed by atoms with van der Waals surface area (Å²) in [6.45, 7) is 3.58. The fourth-order valence-corrected chi connectivity index (χ4v) is 1.27.